The largest absolute Gasteiger partial charge is 0.321 e. The Kier molecular flexibility index (Phi) is 11.0. The summed E-state index contributed by atoms with van der Waals surface area (Å²) in [5.74, 6) is -1.18. The summed E-state index contributed by atoms with van der Waals surface area (Å²) in [6.45, 7) is 0. The second-order valence-electron chi connectivity index (χ2n) is 10.7. The van der Waals surface area contributed by atoms with Gasteiger partial charge in [0.25, 0.3) is 11.8 Å². The first-order valence-electron chi connectivity index (χ1n) is 15.2. The van der Waals surface area contributed by atoms with Crippen LogP contribution in [-0.4, -0.2) is 22.7 Å². The molecular formula is C39H29ClN4O3S2. The van der Waals surface area contributed by atoms with Gasteiger partial charge in [-0.2, -0.15) is 0 Å². The molecule has 0 radical (unpaired) electrons. The minimum Gasteiger partial charge on any atom is -0.321 e. The van der Waals surface area contributed by atoms with Gasteiger partial charge in [0.05, 0.1) is 5.69 Å². The summed E-state index contributed by atoms with van der Waals surface area (Å²) in [5.41, 5.74) is 4.15. The molecule has 0 bridgehead atoms. The predicted octanol–water partition coefficient (Wildman–Crippen LogP) is 9.35. The molecule has 49 heavy (non-hydrogen) atoms. The van der Waals surface area contributed by atoms with E-state index in [1.165, 1.54) is 23.1 Å². The van der Waals surface area contributed by atoms with Gasteiger partial charge in [-0.05, 0) is 59.7 Å². The molecule has 0 saturated heterocycles. The number of thiazole rings is 1. The van der Waals surface area contributed by atoms with Crippen molar-refractivity contribution in [2.45, 2.75) is 10.1 Å². The lowest BCUT2D eigenvalue weighted by atomic mass is 10.1. The average Bonchev–Trinajstić information content (AvgIpc) is 3.60. The third-order valence-corrected chi connectivity index (χ3v) is 9.42. The van der Waals surface area contributed by atoms with E-state index in [0.29, 0.717) is 27.0 Å². The fourth-order valence-corrected chi connectivity index (χ4v) is 6.84. The number of thioether (sulfide) groups is 1. The molecule has 5 aromatic carbocycles. The number of anilines is 2. The van der Waals surface area contributed by atoms with Crippen molar-refractivity contribution in [1.82, 2.24) is 10.3 Å². The molecule has 3 N–H and O–H groups in total. The highest BCUT2D eigenvalue weighted by molar-refractivity contribution is 8.00. The Hall–Kier alpha value is -5.48. The van der Waals surface area contributed by atoms with Gasteiger partial charge in [0, 0.05) is 32.1 Å². The number of hydrogen-bond donors (Lipinski definition) is 3. The fraction of sp³-hybridized carbons (Fsp3) is 0.0256. The zero-order chi connectivity index (χ0) is 34.0. The van der Waals surface area contributed by atoms with Crippen LogP contribution < -0.4 is 16.0 Å². The predicted molar refractivity (Wildman–Crippen MR) is 200 cm³/mol. The molecule has 3 amide bonds. The molecule has 6 aromatic rings. The van der Waals surface area contributed by atoms with Crippen molar-refractivity contribution in [2.24, 2.45) is 0 Å². The van der Waals surface area contributed by atoms with E-state index in [4.69, 9.17) is 11.6 Å². The normalized spacial score (nSPS) is 11.7. The molecule has 0 aliphatic rings. The first kappa shape index (κ1) is 33.4. The van der Waals surface area contributed by atoms with E-state index in [2.05, 4.69) is 20.9 Å². The molecule has 7 nitrogen and oxygen atoms in total. The van der Waals surface area contributed by atoms with Crippen molar-refractivity contribution in [2.75, 3.05) is 10.6 Å². The number of aromatic nitrogens is 1. The Balaban J connectivity index is 1.21. The number of hydrogen-bond acceptors (Lipinski definition) is 6. The van der Waals surface area contributed by atoms with Crippen molar-refractivity contribution in [3.8, 4) is 11.3 Å². The van der Waals surface area contributed by atoms with Gasteiger partial charge in [0.2, 0.25) is 5.91 Å². The summed E-state index contributed by atoms with van der Waals surface area (Å²) < 4.78 is 0. The third-order valence-electron chi connectivity index (χ3n) is 7.18. The maximum absolute atomic E-state index is 13.7. The molecule has 0 saturated carbocycles. The standard InChI is InChI=1S/C39H29ClN4O3S2/c40-30-19-10-12-26(22-30)23-33(42-36(45)29-17-8-3-9-18-29)37(46)41-31-20-11-21-32(24-31)49-35(28-15-6-2-7-16-28)38(47)44-39-43-34(25-48-39)27-13-4-1-5-14-27/h1-25,35H,(H,41,46)(H,42,45)(H,43,44,47)/b33-23-. The summed E-state index contributed by atoms with van der Waals surface area (Å²) >= 11 is 8.90. The molecule has 1 unspecified atom stereocenters. The maximum atomic E-state index is 13.7. The van der Waals surface area contributed by atoms with Gasteiger partial charge in [-0.25, -0.2) is 4.98 Å². The van der Waals surface area contributed by atoms with E-state index < -0.39 is 17.1 Å². The highest BCUT2D eigenvalue weighted by atomic mass is 35.5. The highest BCUT2D eigenvalue weighted by Gasteiger charge is 2.24. The molecule has 6 rings (SSSR count). The van der Waals surface area contributed by atoms with Crippen LogP contribution in [0.4, 0.5) is 10.8 Å². The molecule has 242 valence electrons. The number of halogens is 1. The monoisotopic (exact) mass is 700 g/mol. The SMILES string of the molecule is O=C(Nc1cccc(SC(C(=O)Nc2nc(-c3ccccc3)cs2)c2ccccc2)c1)/C(=C/c1cccc(Cl)c1)NC(=O)c1ccccc1. The van der Waals surface area contributed by atoms with Gasteiger partial charge in [-0.1, -0.05) is 109 Å². The van der Waals surface area contributed by atoms with Crippen LogP contribution in [0.1, 0.15) is 26.7 Å². The Bertz CT molecular complexity index is 2110. The summed E-state index contributed by atoms with van der Waals surface area (Å²) in [5, 5.41) is 10.9. The van der Waals surface area contributed by atoms with Gasteiger partial charge in [-0.15, -0.1) is 23.1 Å². The Morgan fingerprint density at radius 1 is 0.755 bits per heavy atom. The molecule has 0 aliphatic carbocycles. The number of amides is 3. The van der Waals surface area contributed by atoms with Crippen LogP contribution in [0, 0.1) is 0 Å². The number of nitrogens with zero attached hydrogens (tertiary/aromatic N) is 1. The number of benzene rings is 5. The summed E-state index contributed by atoms with van der Waals surface area (Å²) in [7, 11) is 0. The van der Waals surface area contributed by atoms with Gasteiger partial charge >= 0.3 is 0 Å². The van der Waals surface area contributed by atoms with Crippen molar-refractivity contribution in [3.05, 3.63) is 172 Å². The summed E-state index contributed by atoms with van der Waals surface area (Å²) in [6, 6.07) is 42.1. The first-order valence-corrected chi connectivity index (χ1v) is 17.3. The smallest absolute Gasteiger partial charge is 0.272 e. The van der Waals surface area contributed by atoms with Gasteiger partial charge < -0.3 is 16.0 Å². The number of nitrogens with one attached hydrogen (secondary N) is 3. The van der Waals surface area contributed by atoms with Crippen molar-refractivity contribution < 1.29 is 14.4 Å². The number of carbonyl (C=O) groups is 3. The van der Waals surface area contributed by atoms with E-state index in [1.54, 1.807) is 72.8 Å². The lowest BCUT2D eigenvalue weighted by Gasteiger charge is -2.17. The zero-order valence-electron chi connectivity index (χ0n) is 25.9. The molecule has 0 aliphatic heterocycles. The highest BCUT2D eigenvalue weighted by Crippen LogP contribution is 2.38. The fourth-order valence-electron chi connectivity index (χ4n) is 4.83. The molecular weight excluding hydrogens is 672 g/mol. The molecule has 0 spiro atoms. The minimum atomic E-state index is -0.611. The topological polar surface area (TPSA) is 100 Å². The second-order valence-corrected chi connectivity index (χ2v) is 13.2. The summed E-state index contributed by atoms with van der Waals surface area (Å²) in [6.07, 6.45) is 1.57. The van der Waals surface area contributed by atoms with Gasteiger partial charge in [-0.3, -0.25) is 14.4 Å². The Morgan fingerprint density at radius 3 is 2.18 bits per heavy atom. The third kappa shape index (κ3) is 9.11. The van der Waals surface area contributed by atoms with Crippen molar-refractivity contribution in [3.63, 3.8) is 0 Å². The second kappa shape index (κ2) is 16.1. The van der Waals surface area contributed by atoms with Crippen LogP contribution in [0.2, 0.25) is 5.02 Å². The average molecular weight is 701 g/mol. The maximum Gasteiger partial charge on any atom is 0.272 e. The lowest BCUT2D eigenvalue weighted by Crippen LogP contribution is -2.30. The van der Waals surface area contributed by atoms with E-state index in [1.807, 2.05) is 78.2 Å². The van der Waals surface area contributed by atoms with E-state index >= 15 is 0 Å². The van der Waals surface area contributed by atoms with Crippen LogP contribution in [0.25, 0.3) is 17.3 Å². The first-order chi connectivity index (χ1) is 23.9. The van der Waals surface area contributed by atoms with E-state index in [-0.39, 0.29) is 11.6 Å². The van der Waals surface area contributed by atoms with Gasteiger partial charge in [0.1, 0.15) is 10.9 Å². The molecule has 1 aromatic heterocycles. The van der Waals surface area contributed by atoms with Crippen molar-refractivity contribution in [1.29, 1.82) is 0 Å². The molecule has 10 heteroatoms. The zero-order valence-corrected chi connectivity index (χ0v) is 28.3. The Morgan fingerprint density at radius 2 is 1.45 bits per heavy atom. The summed E-state index contributed by atoms with van der Waals surface area (Å²) in [4.78, 5) is 45.8. The molecule has 1 heterocycles. The number of rotatable bonds is 11. The van der Waals surface area contributed by atoms with Gasteiger partial charge in [0.15, 0.2) is 5.13 Å². The minimum absolute atomic E-state index is 0.0361. The lowest BCUT2D eigenvalue weighted by molar-refractivity contribution is -0.116. The quantitative estimate of drug-likeness (QED) is 0.0924. The van der Waals surface area contributed by atoms with E-state index in [0.717, 1.165) is 21.7 Å². The van der Waals surface area contributed by atoms with Crippen LogP contribution >= 0.6 is 34.7 Å². The number of carbonyl (C=O) groups excluding carboxylic acids is 3. The van der Waals surface area contributed by atoms with Crippen LogP contribution in [0.3, 0.4) is 0 Å². The van der Waals surface area contributed by atoms with Crippen molar-refractivity contribution >= 4 is 69.3 Å². The van der Waals surface area contributed by atoms with Crippen LogP contribution in [0.5, 0.6) is 0 Å². The van der Waals surface area contributed by atoms with E-state index in [9.17, 15) is 14.4 Å². The molecule has 0 fully saturated rings. The van der Waals surface area contributed by atoms with Crippen LogP contribution in [-0.2, 0) is 9.59 Å². The Labute approximate surface area is 297 Å². The molecule has 1 atom stereocenters. The van der Waals surface area contributed by atoms with Crippen LogP contribution in [0.15, 0.2) is 155 Å².